The van der Waals surface area contributed by atoms with E-state index in [1.165, 1.54) is 0 Å². The molecule has 0 saturated carbocycles. The molecule has 0 bridgehead atoms. The maximum atomic E-state index is 11.7. The largest absolute Gasteiger partial charge is 0.481 e. The molecular formula is C10H18N2O4. The first kappa shape index (κ1) is 12.8. The minimum Gasteiger partial charge on any atom is -0.481 e. The summed E-state index contributed by atoms with van der Waals surface area (Å²) in [5, 5.41) is 8.68. The van der Waals surface area contributed by atoms with Gasteiger partial charge < -0.3 is 19.6 Å². The number of aliphatic carboxylic acids is 1. The summed E-state index contributed by atoms with van der Waals surface area (Å²) < 4.78 is 4.89. The van der Waals surface area contributed by atoms with Crippen LogP contribution < -0.4 is 0 Å². The molecule has 1 N–H and O–H groups in total. The number of carboxylic acid groups (broad SMARTS) is 1. The van der Waals surface area contributed by atoms with Crippen LogP contribution in [-0.2, 0) is 9.53 Å². The van der Waals surface area contributed by atoms with Crippen LogP contribution in [-0.4, -0.2) is 67.3 Å². The first-order valence-electron chi connectivity index (χ1n) is 5.28. The zero-order valence-corrected chi connectivity index (χ0v) is 9.68. The molecule has 0 aromatic heterocycles. The summed E-state index contributed by atoms with van der Waals surface area (Å²) >= 11 is 0. The molecule has 1 aliphatic heterocycles. The maximum absolute atomic E-state index is 11.7. The van der Waals surface area contributed by atoms with Crippen molar-refractivity contribution in [3.8, 4) is 0 Å². The van der Waals surface area contributed by atoms with Crippen LogP contribution >= 0.6 is 0 Å². The van der Waals surface area contributed by atoms with Gasteiger partial charge in [0.1, 0.15) is 0 Å². The summed E-state index contributed by atoms with van der Waals surface area (Å²) in [6.07, 6.45) is 0.787. The highest BCUT2D eigenvalue weighted by Gasteiger charge is 2.36. The number of likely N-dealkylation sites (tertiary alicyclic amines) is 1. The fourth-order valence-electron chi connectivity index (χ4n) is 1.57. The number of hydrogen-bond acceptors (Lipinski definition) is 3. The van der Waals surface area contributed by atoms with Gasteiger partial charge in [-0.3, -0.25) is 4.79 Å². The van der Waals surface area contributed by atoms with E-state index in [1.54, 1.807) is 24.0 Å². The maximum Gasteiger partial charge on any atom is 0.319 e. The van der Waals surface area contributed by atoms with Gasteiger partial charge in [0.25, 0.3) is 0 Å². The van der Waals surface area contributed by atoms with E-state index in [0.29, 0.717) is 26.2 Å². The number of carbonyl (C=O) groups excluding carboxylic acids is 1. The second-order valence-corrected chi connectivity index (χ2v) is 3.99. The van der Waals surface area contributed by atoms with Gasteiger partial charge in [0.2, 0.25) is 0 Å². The monoisotopic (exact) mass is 230 g/mol. The third kappa shape index (κ3) is 3.10. The van der Waals surface area contributed by atoms with Gasteiger partial charge in [-0.2, -0.15) is 0 Å². The Morgan fingerprint density at radius 2 is 2.12 bits per heavy atom. The van der Waals surface area contributed by atoms with Gasteiger partial charge >= 0.3 is 12.0 Å². The molecular weight excluding hydrogens is 212 g/mol. The Kier molecular flexibility index (Phi) is 4.54. The summed E-state index contributed by atoms with van der Waals surface area (Å²) in [6, 6.07) is -0.103. The Balaban J connectivity index is 2.23. The number of ether oxygens (including phenoxy) is 1. The molecule has 1 heterocycles. The van der Waals surface area contributed by atoms with Crippen LogP contribution in [0.1, 0.15) is 6.42 Å². The van der Waals surface area contributed by atoms with Crippen LogP contribution in [0.4, 0.5) is 4.79 Å². The van der Waals surface area contributed by atoms with E-state index in [1.807, 2.05) is 0 Å². The van der Waals surface area contributed by atoms with Crippen molar-refractivity contribution in [1.82, 2.24) is 9.80 Å². The van der Waals surface area contributed by atoms with E-state index in [2.05, 4.69) is 0 Å². The molecule has 0 spiro atoms. The molecule has 1 saturated heterocycles. The number of hydrogen-bond donors (Lipinski definition) is 1. The van der Waals surface area contributed by atoms with Gasteiger partial charge in [-0.25, -0.2) is 4.79 Å². The van der Waals surface area contributed by atoms with Crippen LogP contribution in [0.25, 0.3) is 0 Å². The van der Waals surface area contributed by atoms with Crippen LogP contribution in [0.15, 0.2) is 0 Å². The van der Waals surface area contributed by atoms with E-state index in [-0.39, 0.29) is 6.03 Å². The average molecular weight is 230 g/mol. The summed E-state index contributed by atoms with van der Waals surface area (Å²) in [7, 11) is 3.33. The molecule has 1 aliphatic rings. The standard InChI is InChI=1S/C10H18N2O4/c1-11(4-3-5-16-2)10(15)12-6-8(7-12)9(13)14/h8H,3-7H2,1-2H3,(H,13,14). The van der Waals surface area contributed by atoms with Crippen molar-refractivity contribution in [1.29, 1.82) is 0 Å². The fourth-order valence-corrected chi connectivity index (χ4v) is 1.57. The second kappa shape index (κ2) is 5.69. The van der Waals surface area contributed by atoms with Crippen molar-refractivity contribution in [3.63, 3.8) is 0 Å². The molecule has 0 atom stereocenters. The lowest BCUT2D eigenvalue weighted by Crippen LogP contribution is -2.56. The molecule has 6 heteroatoms. The van der Waals surface area contributed by atoms with Gasteiger partial charge in [0.05, 0.1) is 5.92 Å². The molecule has 2 amide bonds. The van der Waals surface area contributed by atoms with Crippen molar-refractivity contribution < 1.29 is 19.4 Å². The highest BCUT2D eigenvalue weighted by molar-refractivity contribution is 5.79. The molecule has 0 radical (unpaired) electrons. The summed E-state index contributed by atoms with van der Waals surface area (Å²) in [5.41, 5.74) is 0. The van der Waals surface area contributed by atoms with Crippen molar-refractivity contribution in [2.24, 2.45) is 5.92 Å². The number of carbonyl (C=O) groups is 2. The van der Waals surface area contributed by atoms with E-state index >= 15 is 0 Å². The lowest BCUT2D eigenvalue weighted by atomic mass is 10.0. The number of methoxy groups -OCH3 is 1. The fraction of sp³-hybridized carbons (Fsp3) is 0.800. The third-order valence-electron chi connectivity index (χ3n) is 2.67. The SMILES string of the molecule is COCCCN(C)C(=O)N1CC(C(=O)O)C1. The van der Waals surface area contributed by atoms with Crippen LogP contribution in [0.3, 0.4) is 0 Å². The predicted octanol–water partition coefficient (Wildman–Crippen LogP) is 0.0911. The van der Waals surface area contributed by atoms with Crippen LogP contribution in [0.5, 0.6) is 0 Å². The molecule has 1 rings (SSSR count). The van der Waals surface area contributed by atoms with Crippen LogP contribution in [0, 0.1) is 5.92 Å². The van der Waals surface area contributed by atoms with E-state index in [0.717, 1.165) is 6.42 Å². The van der Waals surface area contributed by atoms with Crippen LogP contribution in [0.2, 0.25) is 0 Å². The number of urea groups is 1. The molecule has 6 nitrogen and oxygen atoms in total. The highest BCUT2D eigenvalue weighted by atomic mass is 16.5. The van der Waals surface area contributed by atoms with Crippen molar-refractivity contribution in [3.05, 3.63) is 0 Å². The Hall–Kier alpha value is -1.30. The van der Waals surface area contributed by atoms with Crippen molar-refractivity contribution in [2.75, 3.05) is 40.4 Å². The summed E-state index contributed by atoms with van der Waals surface area (Å²) in [4.78, 5) is 25.4. The first-order chi connectivity index (χ1) is 7.56. The first-order valence-corrected chi connectivity index (χ1v) is 5.28. The number of rotatable bonds is 5. The highest BCUT2D eigenvalue weighted by Crippen LogP contribution is 2.17. The smallest absolute Gasteiger partial charge is 0.319 e. The van der Waals surface area contributed by atoms with Gasteiger partial charge in [-0.1, -0.05) is 0 Å². The molecule has 0 aromatic carbocycles. The Morgan fingerprint density at radius 1 is 1.50 bits per heavy atom. The van der Waals surface area contributed by atoms with E-state index in [4.69, 9.17) is 9.84 Å². The quantitative estimate of drug-likeness (QED) is 0.680. The summed E-state index contributed by atoms with van der Waals surface area (Å²) in [6.45, 7) is 1.89. The molecule has 0 aromatic rings. The topological polar surface area (TPSA) is 70.1 Å². The number of carboxylic acids is 1. The molecule has 0 unspecified atom stereocenters. The Labute approximate surface area is 94.8 Å². The molecule has 16 heavy (non-hydrogen) atoms. The zero-order valence-electron chi connectivity index (χ0n) is 9.68. The minimum absolute atomic E-state index is 0.103. The minimum atomic E-state index is -0.828. The normalized spacial score (nSPS) is 15.8. The molecule has 0 aliphatic carbocycles. The predicted molar refractivity (Wildman–Crippen MR) is 57.2 cm³/mol. The number of nitrogens with zero attached hydrogens (tertiary/aromatic N) is 2. The van der Waals surface area contributed by atoms with Gasteiger partial charge in [0.15, 0.2) is 0 Å². The molecule has 92 valence electrons. The van der Waals surface area contributed by atoms with Gasteiger partial charge in [-0.05, 0) is 6.42 Å². The zero-order chi connectivity index (χ0) is 12.1. The van der Waals surface area contributed by atoms with Gasteiger partial charge in [0, 0.05) is 40.4 Å². The van der Waals surface area contributed by atoms with Crippen molar-refractivity contribution >= 4 is 12.0 Å². The van der Waals surface area contributed by atoms with Gasteiger partial charge in [-0.15, -0.1) is 0 Å². The lowest BCUT2D eigenvalue weighted by molar-refractivity contribution is -0.146. The van der Waals surface area contributed by atoms with Crippen molar-refractivity contribution in [2.45, 2.75) is 6.42 Å². The molecule has 1 fully saturated rings. The Bertz CT molecular complexity index is 264. The lowest BCUT2D eigenvalue weighted by Gasteiger charge is -2.38. The average Bonchev–Trinajstić information content (AvgIpc) is 2.14. The number of amides is 2. The third-order valence-corrected chi connectivity index (χ3v) is 2.67. The Morgan fingerprint density at radius 3 is 2.62 bits per heavy atom. The van der Waals surface area contributed by atoms with E-state index in [9.17, 15) is 9.59 Å². The summed E-state index contributed by atoms with van der Waals surface area (Å²) in [5.74, 6) is -1.22. The second-order valence-electron chi connectivity index (χ2n) is 3.99. The van der Waals surface area contributed by atoms with E-state index < -0.39 is 11.9 Å².